The molecule has 1 aromatic heterocycles. The zero-order valence-electron chi connectivity index (χ0n) is 25.3. The molecule has 2 atom stereocenters. The first kappa shape index (κ1) is 31.3. The van der Waals surface area contributed by atoms with Crippen molar-refractivity contribution in [2.24, 2.45) is 0 Å². The van der Waals surface area contributed by atoms with Crippen LogP contribution in [0.25, 0.3) is 0 Å². The molecule has 4 aromatic rings. The molecule has 13 heteroatoms. The molecule has 2 aliphatic rings. The number of anilines is 1. The highest BCUT2D eigenvalue weighted by Crippen LogP contribution is 2.56. The number of ether oxygens (including phenoxy) is 2. The number of hydrogen-bond acceptors (Lipinski definition) is 11. The molecule has 0 bridgehead atoms. The predicted octanol–water partition coefficient (Wildman–Crippen LogP) is 3.46. The number of benzene rings is 3. The highest BCUT2D eigenvalue weighted by Gasteiger charge is 2.62. The standard InChI is InChI=1S/C33H33N5O7S/c1-43-24-7-9-25(10-8-24)46(41,42)38-28-12-6-22(20-34)18-27(28)33(32(38)40,37-15-3-4-29(37)31-36-14-17-45-31)26-11-5-23(19-30(26)44-2)21-35-13-16-39/h5-12,14,17-19,29,35,39H,3-4,13,15-16,21H2,1-2H3. The molecule has 238 valence electrons. The van der Waals surface area contributed by atoms with Crippen molar-refractivity contribution in [1.29, 1.82) is 5.26 Å². The van der Waals surface area contributed by atoms with Crippen molar-refractivity contribution in [3.8, 4) is 17.6 Å². The average molecular weight is 644 g/mol. The van der Waals surface area contributed by atoms with E-state index in [-0.39, 0.29) is 22.8 Å². The molecule has 2 aliphatic heterocycles. The predicted molar refractivity (Wildman–Crippen MR) is 167 cm³/mol. The van der Waals surface area contributed by atoms with Crippen LogP contribution in [0.4, 0.5) is 5.69 Å². The lowest BCUT2D eigenvalue weighted by atomic mass is 9.80. The Morgan fingerprint density at radius 3 is 2.59 bits per heavy atom. The number of nitrogens with zero attached hydrogens (tertiary/aromatic N) is 4. The zero-order chi connectivity index (χ0) is 32.5. The molecule has 1 saturated heterocycles. The maximum Gasteiger partial charge on any atom is 0.271 e. The van der Waals surface area contributed by atoms with Crippen molar-refractivity contribution in [3.63, 3.8) is 0 Å². The Morgan fingerprint density at radius 2 is 1.91 bits per heavy atom. The van der Waals surface area contributed by atoms with Crippen LogP contribution in [0.5, 0.6) is 11.5 Å². The molecule has 3 heterocycles. The molecule has 12 nitrogen and oxygen atoms in total. The van der Waals surface area contributed by atoms with Crippen molar-refractivity contribution >= 4 is 21.6 Å². The number of carbonyl (C=O) groups excluding carboxylic acids is 1. The van der Waals surface area contributed by atoms with Crippen molar-refractivity contribution < 1.29 is 32.2 Å². The summed E-state index contributed by atoms with van der Waals surface area (Å²) in [4.78, 5) is 21.6. The number of nitriles is 1. The number of methoxy groups -OCH3 is 2. The third kappa shape index (κ3) is 5.00. The van der Waals surface area contributed by atoms with Gasteiger partial charge in [-0.15, -0.1) is 0 Å². The lowest BCUT2D eigenvalue weighted by Gasteiger charge is -2.41. The topological polar surface area (TPSA) is 158 Å². The van der Waals surface area contributed by atoms with E-state index >= 15 is 4.79 Å². The van der Waals surface area contributed by atoms with Gasteiger partial charge >= 0.3 is 0 Å². The monoisotopic (exact) mass is 643 g/mol. The third-order valence-corrected chi connectivity index (χ3v) is 10.2. The fourth-order valence-corrected chi connectivity index (χ4v) is 7.97. The van der Waals surface area contributed by atoms with Crippen molar-refractivity contribution in [2.75, 3.05) is 38.2 Å². The van der Waals surface area contributed by atoms with Crippen LogP contribution in [0.2, 0.25) is 0 Å². The second kappa shape index (κ2) is 12.6. The molecule has 0 saturated carbocycles. The van der Waals surface area contributed by atoms with Crippen LogP contribution < -0.4 is 19.1 Å². The summed E-state index contributed by atoms with van der Waals surface area (Å²) in [5, 5.41) is 22.3. The molecule has 0 aliphatic carbocycles. The summed E-state index contributed by atoms with van der Waals surface area (Å²) in [6.07, 6.45) is 4.27. The van der Waals surface area contributed by atoms with Gasteiger partial charge in [0, 0.05) is 30.8 Å². The highest BCUT2D eigenvalue weighted by atomic mass is 32.2. The van der Waals surface area contributed by atoms with E-state index in [0.29, 0.717) is 61.0 Å². The van der Waals surface area contributed by atoms with Crippen LogP contribution in [0.3, 0.4) is 0 Å². The van der Waals surface area contributed by atoms with Crippen molar-refractivity contribution in [3.05, 3.63) is 101 Å². The number of amides is 1. The minimum absolute atomic E-state index is 0.0273. The SMILES string of the molecule is COc1ccc(S(=O)(=O)N2C(=O)C(c3ccc(CNCCO)cc3OC)(N3CCCC3c3ncco3)c3cc(C#N)ccc32)cc1. The van der Waals surface area contributed by atoms with E-state index in [0.717, 1.165) is 9.87 Å². The Hall–Kier alpha value is -4.74. The largest absolute Gasteiger partial charge is 0.497 e. The minimum atomic E-state index is -4.46. The van der Waals surface area contributed by atoms with Crippen molar-refractivity contribution in [1.82, 2.24) is 15.2 Å². The van der Waals surface area contributed by atoms with Gasteiger partial charge in [0.1, 0.15) is 17.8 Å². The second-order valence-corrected chi connectivity index (χ2v) is 12.7. The van der Waals surface area contributed by atoms with Crippen LogP contribution in [0.15, 0.2) is 82.4 Å². The molecule has 1 amide bonds. The third-order valence-electron chi connectivity index (χ3n) is 8.52. The average Bonchev–Trinajstić information content (AvgIpc) is 3.83. The van der Waals surface area contributed by atoms with Gasteiger partial charge in [-0.25, -0.2) is 17.7 Å². The van der Waals surface area contributed by atoms with Gasteiger partial charge < -0.3 is 24.3 Å². The first-order valence-corrected chi connectivity index (χ1v) is 16.2. The van der Waals surface area contributed by atoms with Crippen molar-refractivity contribution in [2.45, 2.75) is 35.9 Å². The van der Waals surface area contributed by atoms with Crippen LogP contribution in [-0.2, 0) is 26.9 Å². The summed E-state index contributed by atoms with van der Waals surface area (Å²) in [6.45, 7) is 1.18. The molecule has 46 heavy (non-hydrogen) atoms. The Bertz CT molecular complexity index is 1890. The fourth-order valence-electron chi connectivity index (χ4n) is 6.51. The Balaban J connectivity index is 1.63. The van der Waals surface area contributed by atoms with E-state index in [1.807, 2.05) is 11.0 Å². The van der Waals surface area contributed by atoms with Gasteiger partial charge in [0.2, 0.25) is 5.89 Å². The fraction of sp³-hybridized carbons (Fsp3) is 0.303. The van der Waals surface area contributed by atoms with E-state index in [9.17, 15) is 18.8 Å². The lowest BCUT2D eigenvalue weighted by molar-refractivity contribution is -0.127. The lowest BCUT2D eigenvalue weighted by Crippen LogP contribution is -2.54. The van der Waals surface area contributed by atoms with E-state index in [1.54, 1.807) is 18.2 Å². The number of nitrogens with one attached hydrogen (secondary N) is 1. The number of aromatic nitrogens is 1. The summed E-state index contributed by atoms with van der Waals surface area (Å²) < 4.78 is 46.6. The van der Waals surface area contributed by atoms with Gasteiger partial charge in [-0.2, -0.15) is 5.26 Å². The first-order chi connectivity index (χ1) is 22.3. The Labute approximate surface area is 266 Å². The first-order valence-electron chi connectivity index (χ1n) is 14.7. The molecule has 1 fully saturated rings. The van der Waals surface area contributed by atoms with Crippen LogP contribution in [-0.4, -0.2) is 63.2 Å². The van der Waals surface area contributed by atoms with Gasteiger partial charge in [0.25, 0.3) is 15.9 Å². The molecular formula is C33H33N5O7S. The Kier molecular flexibility index (Phi) is 8.54. The molecule has 0 radical (unpaired) electrons. The minimum Gasteiger partial charge on any atom is -0.497 e. The summed E-state index contributed by atoms with van der Waals surface area (Å²) in [6, 6.07) is 17.5. The van der Waals surface area contributed by atoms with E-state index in [4.69, 9.17) is 13.9 Å². The van der Waals surface area contributed by atoms with Crippen LogP contribution in [0.1, 0.15) is 47.0 Å². The van der Waals surface area contributed by atoms with Gasteiger partial charge in [-0.3, -0.25) is 9.69 Å². The normalized spacial score (nSPS) is 19.7. The number of sulfonamides is 1. The second-order valence-electron chi connectivity index (χ2n) is 11.0. The molecular weight excluding hydrogens is 610 g/mol. The van der Waals surface area contributed by atoms with E-state index in [1.165, 1.54) is 63.1 Å². The number of aliphatic hydroxyl groups is 1. The van der Waals surface area contributed by atoms with Crippen LogP contribution in [0, 0.1) is 11.3 Å². The number of likely N-dealkylation sites (tertiary alicyclic amines) is 1. The summed E-state index contributed by atoms with van der Waals surface area (Å²) >= 11 is 0. The molecule has 2 N–H and O–H groups in total. The number of rotatable bonds is 11. The molecule has 2 unspecified atom stereocenters. The smallest absolute Gasteiger partial charge is 0.271 e. The van der Waals surface area contributed by atoms with Gasteiger partial charge in [-0.1, -0.05) is 12.1 Å². The molecule has 6 rings (SSSR count). The maximum atomic E-state index is 15.3. The summed E-state index contributed by atoms with van der Waals surface area (Å²) in [5.74, 6) is 0.468. The Morgan fingerprint density at radius 1 is 1.11 bits per heavy atom. The number of fused-ring (bicyclic) bond motifs is 1. The van der Waals surface area contributed by atoms with E-state index < -0.39 is 27.5 Å². The number of aliphatic hydroxyl groups excluding tert-OH is 1. The summed E-state index contributed by atoms with van der Waals surface area (Å²) in [7, 11) is -1.49. The molecule has 3 aromatic carbocycles. The quantitative estimate of drug-likeness (QED) is 0.231. The number of hydrogen-bond donors (Lipinski definition) is 2. The van der Waals surface area contributed by atoms with Gasteiger partial charge in [-0.05, 0) is 66.9 Å². The summed E-state index contributed by atoms with van der Waals surface area (Å²) in [5.41, 5.74) is 0.211. The van der Waals surface area contributed by atoms with Gasteiger partial charge in [0.05, 0.1) is 55.3 Å². The van der Waals surface area contributed by atoms with Gasteiger partial charge in [0.15, 0.2) is 5.54 Å². The zero-order valence-corrected chi connectivity index (χ0v) is 26.2. The number of carbonyl (C=O) groups is 1. The maximum absolute atomic E-state index is 15.3. The number of oxazole rings is 1. The molecule has 0 spiro atoms. The van der Waals surface area contributed by atoms with E-state index in [2.05, 4.69) is 16.4 Å². The highest BCUT2D eigenvalue weighted by molar-refractivity contribution is 7.93. The van der Waals surface area contributed by atoms with Crippen LogP contribution >= 0.6 is 0 Å².